The van der Waals surface area contributed by atoms with Crippen molar-refractivity contribution in [2.45, 2.75) is 6.54 Å². The first-order valence-electron chi connectivity index (χ1n) is 7.72. The van der Waals surface area contributed by atoms with E-state index in [-0.39, 0.29) is 35.3 Å². The van der Waals surface area contributed by atoms with Gasteiger partial charge in [0.25, 0.3) is 0 Å². The molecule has 0 fully saturated rings. The Hall–Kier alpha value is -3.38. The van der Waals surface area contributed by atoms with Crippen LogP contribution in [0.2, 0.25) is 5.15 Å². The van der Waals surface area contributed by atoms with Crippen LogP contribution in [0.4, 0.5) is 9.18 Å². The summed E-state index contributed by atoms with van der Waals surface area (Å²) < 4.78 is 25.9. The molecule has 27 heavy (non-hydrogen) atoms. The number of rotatable bonds is 5. The maximum absolute atomic E-state index is 14.3. The summed E-state index contributed by atoms with van der Waals surface area (Å²) in [4.78, 5) is 19.3. The summed E-state index contributed by atoms with van der Waals surface area (Å²) in [6, 6.07) is 7.60. The number of benzene rings is 1. The maximum Gasteiger partial charge on any atom is 0.414 e. The number of carbonyl (C=O) groups is 1. The van der Waals surface area contributed by atoms with Crippen molar-refractivity contribution in [3.63, 3.8) is 0 Å². The number of ether oxygens (including phenoxy) is 2. The lowest BCUT2D eigenvalue weighted by Crippen LogP contribution is -2.30. The molecule has 0 bridgehead atoms. The van der Waals surface area contributed by atoms with Gasteiger partial charge >= 0.3 is 6.09 Å². The fourth-order valence-corrected chi connectivity index (χ4v) is 2.73. The Kier molecular flexibility index (Phi) is 5.38. The van der Waals surface area contributed by atoms with Gasteiger partial charge in [0.05, 0.1) is 12.6 Å². The highest BCUT2D eigenvalue weighted by atomic mass is 35.5. The minimum absolute atomic E-state index is 0.00703. The van der Waals surface area contributed by atoms with Crippen LogP contribution in [0.5, 0.6) is 11.6 Å². The van der Waals surface area contributed by atoms with Crippen LogP contribution in [0.3, 0.4) is 0 Å². The molecule has 1 N–H and O–H groups in total. The van der Waals surface area contributed by atoms with E-state index in [1.165, 1.54) is 29.9 Å². The third-order valence-corrected chi connectivity index (χ3v) is 3.92. The van der Waals surface area contributed by atoms with E-state index in [1.54, 1.807) is 6.07 Å². The number of fused-ring (bicyclic) bond motifs is 1. The van der Waals surface area contributed by atoms with Crippen LogP contribution in [0.15, 0.2) is 30.6 Å². The van der Waals surface area contributed by atoms with E-state index in [0.29, 0.717) is 11.1 Å². The largest absolute Gasteiger partial charge is 0.496 e. The van der Waals surface area contributed by atoms with Crippen LogP contribution in [-0.4, -0.2) is 34.3 Å². The molecule has 2 heterocycles. The highest BCUT2D eigenvalue weighted by Crippen LogP contribution is 2.30. The van der Waals surface area contributed by atoms with E-state index < -0.39 is 11.9 Å². The van der Waals surface area contributed by atoms with E-state index >= 15 is 0 Å². The van der Waals surface area contributed by atoms with Crippen LogP contribution < -0.4 is 14.8 Å². The molecular weight excluding hydrogens is 377 g/mol. The normalized spacial score (nSPS) is 10.4. The van der Waals surface area contributed by atoms with Gasteiger partial charge in [0.1, 0.15) is 34.8 Å². The van der Waals surface area contributed by atoms with Crippen molar-refractivity contribution in [1.29, 1.82) is 5.26 Å². The Morgan fingerprint density at radius 2 is 2.22 bits per heavy atom. The molecule has 0 atom stereocenters. The molecule has 0 radical (unpaired) electrons. The second-order valence-electron chi connectivity index (χ2n) is 5.30. The molecule has 0 aliphatic heterocycles. The number of nitrogens with one attached hydrogen (secondary N) is 1. The summed E-state index contributed by atoms with van der Waals surface area (Å²) in [6.45, 7) is 0.239. The van der Waals surface area contributed by atoms with Crippen molar-refractivity contribution in [3.8, 4) is 17.7 Å². The summed E-state index contributed by atoms with van der Waals surface area (Å²) >= 11 is 5.69. The zero-order chi connectivity index (χ0) is 19.4. The lowest BCUT2D eigenvalue weighted by molar-refractivity contribution is 0.198. The highest BCUT2D eigenvalue weighted by Gasteiger charge is 2.16. The number of hydrogen-bond acceptors (Lipinski definition) is 6. The van der Waals surface area contributed by atoms with E-state index in [1.807, 2.05) is 6.07 Å². The second-order valence-corrected chi connectivity index (χ2v) is 5.69. The predicted molar refractivity (Wildman–Crippen MR) is 94.2 cm³/mol. The Balaban J connectivity index is 1.73. The standard InChI is InChI=1S/C17H13ClFN5O3/c1-26-13-3-2-12(19)16-11(13)6-10(8-20)24(16)5-4-21-17(25)27-15-7-14(18)22-9-23-15/h2-3,6-7,9H,4-5H2,1H3,(H,21,25). The molecule has 138 valence electrons. The van der Waals surface area contributed by atoms with Crippen molar-refractivity contribution < 1.29 is 18.7 Å². The van der Waals surface area contributed by atoms with Gasteiger partial charge in [-0.15, -0.1) is 0 Å². The summed E-state index contributed by atoms with van der Waals surface area (Å²) in [7, 11) is 1.47. The summed E-state index contributed by atoms with van der Waals surface area (Å²) in [5.74, 6) is -0.0485. The summed E-state index contributed by atoms with van der Waals surface area (Å²) in [5.41, 5.74) is 0.467. The molecule has 3 rings (SSSR count). The number of amides is 1. The van der Waals surface area contributed by atoms with Gasteiger partial charge in [0.15, 0.2) is 0 Å². The first kappa shape index (κ1) is 18.4. The average Bonchev–Trinajstić information content (AvgIpc) is 3.02. The summed E-state index contributed by atoms with van der Waals surface area (Å²) in [5, 5.41) is 12.4. The van der Waals surface area contributed by atoms with Gasteiger partial charge in [0.2, 0.25) is 5.88 Å². The molecule has 8 nitrogen and oxygen atoms in total. The molecule has 0 aliphatic rings. The Morgan fingerprint density at radius 1 is 1.41 bits per heavy atom. The molecule has 0 aliphatic carbocycles. The molecule has 0 saturated heterocycles. The number of hydrogen-bond donors (Lipinski definition) is 1. The molecule has 2 aromatic heterocycles. The van der Waals surface area contributed by atoms with Gasteiger partial charge in [-0.05, 0) is 18.2 Å². The van der Waals surface area contributed by atoms with Crippen LogP contribution in [-0.2, 0) is 6.54 Å². The number of carbonyl (C=O) groups excluding carboxylic acids is 1. The van der Waals surface area contributed by atoms with Crippen molar-refractivity contribution in [2.24, 2.45) is 0 Å². The zero-order valence-electron chi connectivity index (χ0n) is 14.1. The van der Waals surface area contributed by atoms with Gasteiger partial charge in [-0.2, -0.15) is 5.26 Å². The number of aromatic nitrogens is 3. The van der Waals surface area contributed by atoms with Crippen molar-refractivity contribution >= 4 is 28.6 Å². The Labute approximate surface area is 158 Å². The van der Waals surface area contributed by atoms with Crippen molar-refractivity contribution in [3.05, 3.63) is 47.3 Å². The lowest BCUT2D eigenvalue weighted by Gasteiger charge is -2.10. The monoisotopic (exact) mass is 389 g/mol. The molecular formula is C17H13ClFN5O3. The quantitative estimate of drug-likeness (QED) is 0.673. The van der Waals surface area contributed by atoms with E-state index in [2.05, 4.69) is 15.3 Å². The van der Waals surface area contributed by atoms with Gasteiger partial charge in [0, 0.05) is 24.5 Å². The minimum atomic E-state index is -0.766. The van der Waals surface area contributed by atoms with Crippen LogP contribution in [0, 0.1) is 17.1 Å². The first-order valence-corrected chi connectivity index (χ1v) is 8.10. The molecule has 3 aromatic rings. The van der Waals surface area contributed by atoms with Crippen molar-refractivity contribution in [2.75, 3.05) is 13.7 Å². The number of nitrogens with zero attached hydrogens (tertiary/aromatic N) is 4. The average molecular weight is 390 g/mol. The number of methoxy groups -OCH3 is 1. The number of nitriles is 1. The number of halogens is 2. The van der Waals surface area contributed by atoms with Crippen LogP contribution in [0.25, 0.3) is 10.9 Å². The fourth-order valence-electron chi connectivity index (χ4n) is 2.59. The maximum atomic E-state index is 14.3. The van der Waals surface area contributed by atoms with Gasteiger partial charge < -0.3 is 19.4 Å². The van der Waals surface area contributed by atoms with Crippen LogP contribution in [0.1, 0.15) is 5.69 Å². The third-order valence-electron chi connectivity index (χ3n) is 3.71. The lowest BCUT2D eigenvalue weighted by atomic mass is 10.2. The van der Waals surface area contributed by atoms with Crippen molar-refractivity contribution in [1.82, 2.24) is 19.9 Å². The fraction of sp³-hybridized carbons (Fsp3) is 0.176. The molecule has 0 unspecified atom stereocenters. The van der Waals surface area contributed by atoms with E-state index in [4.69, 9.17) is 21.1 Å². The predicted octanol–water partition coefficient (Wildman–Crippen LogP) is 2.89. The van der Waals surface area contributed by atoms with Gasteiger partial charge in [-0.25, -0.2) is 19.2 Å². The Morgan fingerprint density at radius 3 is 2.93 bits per heavy atom. The zero-order valence-corrected chi connectivity index (χ0v) is 14.8. The molecule has 10 heteroatoms. The SMILES string of the molecule is COc1ccc(F)c2c1cc(C#N)n2CCNC(=O)Oc1cc(Cl)ncn1. The van der Waals surface area contributed by atoms with E-state index in [9.17, 15) is 14.4 Å². The van der Waals surface area contributed by atoms with E-state index in [0.717, 1.165) is 6.33 Å². The first-order chi connectivity index (χ1) is 13.0. The minimum Gasteiger partial charge on any atom is -0.496 e. The molecule has 0 spiro atoms. The smallest absolute Gasteiger partial charge is 0.414 e. The Bertz CT molecular complexity index is 1050. The molecule has 1 amide bonds. The second kappa shape index (κ2) is 7.88. The molecule has 0 saturated carbocycles. The molecule has 1 aromatic carbocycles. The topological polar surface area (TPSA) is 102 Å². The van der Waals surface area contributed by atoms with Gasteiger partial charge in [-0.3, -0.25) is 0 Å². The van der Waals surface area contributed by atoms with Crippen LogP contribution >= 0.6 is 11.6 Å². The summed E-state index contributed by atoms with van der Waals surface area (Å²) in [6.07, 6.45) is 0.393. The third kappa shape index (κ3) is 3.91. The highest BCUT2D eigenvalue weighted by molar-refractivity contribution is 6.29. The van der Waals surface area contributed by atoms with Gasteiger partial charge in [-0.1, -0.05) is 11.6 Å².